The van der Waals surface area contributed by atoms with Gasteiger partial charge in [-0.15, -0.1) is 0 Å². The Morgan fingerprint density at radius 1 is 1.38 bits per heavy atom. The molecule has 1 heterocycles. The average Bonchev–Trinajstić information content (AvgIpc) is 2.91. The van der Waals surface area contributed by atoms with E-state index < -0.39 is 17.8 Å². The van der Waals surface area contributed by atoms with Crippen LogP contribution in [0.15, 0.2) is 30.6 Å². The highest BCUT2D eigenvalue weighted by molar-refractivity contribution is 5.99. The molecule has 0 saturated carbocycles. The number of aromatic carboxylic acids is 1. The third-order valence-corrected chi connectivity index (χ3v) is 2.66. The van der Waals surface area contributed by atoms with Gasteiger partial charge in [0, 0.05) is 25.4 Å². The van der Waals surface area contributed by atoms with Gasteiger partial charge >= 0.3 is 12.0 Å². The number of amides is 2. The van der Waals surface area contributed by atoms with Gasteiger partial charge in [0.1, 0.15) is 11.6 Å². The molecule has 0 unspecified atom stereocenters. The van der Waals surface area contributed by atoms with Crippen LogP contribution in [0.2, 0.25) is 0 Å². The number of anilines is 1. The number of imidazole rings is 1. The van der Waals surface area contributed by atoms with Gasteiger partial charge in [0.05, 0.1) is 11.3 Å². The Bertz CT molecular complexity index is 643. The number of aromatic nitrogens is 2. The second kappa shape index (κ2) is 6.51. The highest BCUT2D eigenvalue weighted by atomic mass is 19.1. The van der Waals surface area contributed by atoms with Crippen LogP contribution in [0.1, 0.15) is 16.2 Å². The Hall–Kier alpha value is -2.90. The Kier molecular flexibility index (Phi) is 4.50. The first kappa shape index (κ1) is 14.5. The zero-order valence-corrected chi connectivity index (χ0v) is 10.9. The molecule has 0 aliphatic carbocycles. The van der Waals surface area contributed by atoms with E-state index in [2.05, 4.69) is 20.6 Å². The average molecular weight is 292 g/mol. The summed E-state index contributed by atoms with van der Waals surface area (Å²) in [4.78, 5) is 29.5. The van der Waals surface area contributed by atoms with Gasteiger partial charge in [0.25, 0.3) is 0 Å². The van der Waals surface area contributed by atoms with Crippen molar-refractivity contribution in [2.75, 3.05) is 11.9 Å². The number of carboxylic acid groups (broad SMARTS) is 1. The maximum Gasteiger partial charge on any atom is 0.337 e. The molecule has 0 bridgehead atoms. The van der Waals surface area contributed by atoms with Gasteiger partial charge < -0.3 is 20.7 Å². The van der Waals surface area contributed by atoms with Gasteiger partial charge in [-0.1, -0.05) is 0 Å². The van der Waals surface area contributed by atoms with E-state index in [-0.39, 0.29) is 11.3 Å². The molecule has 8 heteroatoms. The SMILES string of the molecule is O=C(NCCc1ncc[nH]1)Nc1cc(F)ccc1C(=O)O. The lowest BCUT2D eigenvalue weighted by molar-refractivity contribution is 0.0698. The highest BCUT2D eigenvalue weighted by Crippen LogP contribution is 2.17. The summed E-state index contributed by atoms with van der Waals surface area (Å²) in [6.45, 7) is 0.303. The zero-order valence-electron chi connectivity index (χ0n) is 10.9. The van der Waals surface area contributed by atoms with E-state index in [1.54, 1.807) is 12.4 Å². The van der Waals surface area contributed by atoms with E-state index in [1.807, 2.05) is 0 Å². The lowest BCUT2D eigenvalue weighted by atomic mass is 10.2. The number of H-pyrrole nitrogens is 1. The molecular weight excluding hydrogens is 279 g/mol. The minimum absolute atomic E-state index is 0.0991. The fourth-order valence-corrected chi connectivity index (χ4v) is 1.70. The van der Waals surface area contributed by atoms with Gasteiger partial charge in [0.2, 0.25) is 0 Å². The number of urea groups is 1. The number of nitrogens with zero attached hydrogens (tertiary/aromatic N) is 1. The molecule has 0 radical (unpaired) electrons. The van der Waals surface area contributed by atoms with Crippen LogP contribution in [-0.4, -0.2) is 33.6 Å². The predicted molar refractivity (Wildman–Crippen MR) is 72.7 cm³/mol. The second-order valence-corrected chi connectivity index (χ2v) is 4.16. The number of halogens is 1. The van der Waals surface area contributed by atoms with Crippen molar-refractivity contribution in [3.05, 3.63) is 47.8 Å². The lowest BCUT2D eigenvalue weighted by Gasteiger charge is -2.09. The fraction of sp³-hybridized carbons (Fsp3) is 0.154. The normalized spacial score (nSPS) is 10.1. The first-order chi connectivity index (χ1) is 10.1. The van der Waals surface area contributed by atoms with Crippen molar-refractivity contribution in [2.45, 2.75) is 6.42 Å². The Morgan fingerprint density at radius 3 is 2.86 bits per heavy atom. The van der Waals surface area contributed by atoms with Gasteiger partial charge in [-0.25, -0.2) is 19.0 Å². The van der Waals surface area contributed by atoms with Crippen molar-refractivity contribution in [2.24, 2.45) is 0 Å². The quantitative estimate of drug-likeness (QED) is 0.671. The van der Waals surface area contributed by atoms with Gasteiger partial charge in [-0.05, 0) is 18.2 Å². The first-order valence-electron chi connectivity index (χ1n) is 6.12. The van der Waals surface area contributed by atoms with E-state index in [4.69, 9.17) is 5.11 Å². The van der Waals surface area contributed by atoms with Crippen molar-refractivity contribution in [1.82, 2.24) is 15.3 Å². The standard InChI is InChI=1S/C13H13FN4O3/c14-8-1-2-9(12(19)20)10(7-8)18-13(21)17-4-3-11-15-5-6-16-11/h1-2,5-7H,3-4H2,(H,15,16)(H,19,20)(H2,17,18,21). The van der Waals surface area contributed by atoms with Crippen LogP contribution in [0.3, 0.4) is 0 Å². The Labute approximate surface area is 119 Å². The zero-order chi connectivity index (χ0) is 15.2. The number of hydrogen-bond donors (Lipinski definition) is 4. The minimum atomic E-state index is -1.25. The van der Waals surface area contributed by atoms with Crippen molar-refractivity contribution in [3.8, 4) is 0 Å². The molecule has 110 valence electrons. The van der Waals surface area contributed by atoms with Crippen LogP contribution in [0, 0.1) is 5.82 Å². The number of carbonyl (C=O) groups excluding carboxylic acids is 1. The molecule has 2 rings (SSSR count). The summed E-state index contributed by atoms with van der Waals surface area (Å²) in [5.41, 5.74) is -0.282. The van der Waals surface area contributed by atoms with Crippen LogP contribution >= 0.6 is 0 Å². The molecule has 0 aliphatic heterocycles. The summed E-state index contributed by atoms with van der Waals surface area (Å²) in [5.74, 6) is -1.17. The molecule has 4 N–H and O–H groups in total. The summed E-state index contributed by atoms with van der Waals surface area (Å²) in [5, 5.41) is 13.8. The molecule has 0 saturated heterocycles. The molecule has 0 spiro atoms. The number of aromatic amines is 1. The summed E-state index contributed by atoms with van der Waals surface area (Å²) < 4.78 is 13.1. The second-order valence-electron chi connectivity index (χ2n) is 4.16. The van der Waals surface area contributed by atoms with Gasteiger partial charge in [-0.2, -0.15) is 0 Å². The minimum Gasteiger partial charge on any atom is -0.478 e. The number of benzene rings is 1. The number of carbonyl (C=O) groups is 2. The molecule has 0 fully saturated rings. The van der Waals surface area contributed by atoms with Crippen LogP contribution in [0.25, 0.3) is 0 Å². The maximum atomic E-state index is 13.1. The molecule has 21 heavy (non-hydrogen) atoms. The largest absolute Gasteiger partial charge is 0.478 e. The Morgan fingerprint density at radius 2 is 2.19 bits per heavy atom. The number of nitrogens with one attached hydrogen (secondary N) is 3. The molecule has 2 amide bonds. The first-order valence-corrected chi connectivity index (χ1v) is 6.12. The van der Waals surface area contributed by atoms with Crippen LogP contribution < -0.4 is 10.6 Å². The summed E-state index contributed by atoms with van der Waals surface area (Å²) in [6, 6.07) is 2.45. The third-order valence-electron chi connectivity index (χ3n) is 2.66. The maximum absolute atomic E-state index is 13.1. The number of carboxylic acids is 1. The summed E-state index contributed by atoms with van der Waals surface area (Å²) in [6.07, 6.45) is 3.76. The molecule has 2 aromatic rings. The van der Waals surface area contributed by atoms with E-state index in [1.165, 1.54) is 0 Å². The number of hydrogen-bond acceptors (Lipinski definition) is 3. The Balaban J connectivity index is 1.93. The molecule has 1 aromatic carbocycles. The van der Waals surface area contributed by atoms with E-state index in [9.17, 15) is 14.0 Å². The summed E-state index contributed by atoms with van der Waals surface area (Å²) in [7, 11) is 0. The highest BCUT2D eigenvalue weighted by Gasteiger charge is 2.13. The summed E-state index contributed by atoms with van der Waals surface area (Å²) >= 11 is 0. The van der Waals surface area contributed by atoms with Gasteiger partial charge in [-0.3, -0.25) is 0 Å². The number of rotatable bonds is 5. The third kappa shape index (κ3) is 4.03. The molecule has 0 atom stereocenters. The fourth-order valence-electron chi connectivity index (χ4n) is 1.70. The van der Waals surface area contributed by atoms with Crippen molar-refractivity contribution >= 4 is 17.7 Å². The van der Waals surface area contributed by atoms with E-state index in [0.717, 1.165) is 18.2 Å². The molecular formula is C13H13FN4O3. The van der Waals surface area contributed by atoms with Crippen molar-refractivity contribution < 1.29 is 19.1 Å². The monoisotopic (exact) mass is 292 g/mol. The van der Waals surface area contributed by atoms with Crippen molar-refractivity contribution in [3.63, 3.8) is 0 Å². The predicted octanol–water partition coefficient (Wildman–Crippen LogP) is 1.61. The van der Waals surface area contributed by atoms with E-state index >= 15 is 0 Å². The van der Waals surface area contributed by atoms with Gasteiger partial charge in [0.15, 0.2) is 0 Å². The smallest absolute Gasteiger partial charge is 0.337 e. The molecule has 0 aliphatic rings. The topological polar surface area (TPSA) is 107 Å². The lowest BCUT2D eigenvalue weighted by Crippen LogP contribution is -2.31. The van der Waals surface area contributed by atoms with Crippen LogP contribution in [0.5, 0.6) is 0 Å². The molecule has 7 nitrogen and oxygen atoms in total. The van der Waals surface area contributed by atoms with E-state index in [0.29, 0.717) is 18.8 Å². The molecule has 1 aromatic heterocycles. The van der Waals surface area contributed by atoms with Crippen LogP contribution in [-0.2, 0) is 6.42 Å². The van der Waals surface area contributed by atoms with Crippen LogP contribution in [0.4, 0.5) is 14.9 Å². The van der Waals surface area contributed by atoms with Crippen molar-refractivity contribution in [1.29, 1.82) is 0 Å².